The minimum absolute atomic E-state index is 0.0647. The highest BCUT2D eigenvalue weighted by molar-refractivity contribution is 5.71. The molecule has 0 radical (unpaired) electrons. The lowest BCUT2D eigenvalue weighted by Crippen LogP contribution is -2.30. The molecule has 0 aromatic carbocycles. The van der Waals surface area contributed by atoms with E-state index < -0.39 is 6.10 Å². The number of ether oxygens (including phenoxy) is 3. The van der Waals surface area contributed by atoms with Gasteiger partial charge >= 0.3 is 17.9 Å². The molecule has 0 aliphatic rings. The molecule has 0 amide bonds. The van der Waals surface area contributed by atoms with E-state index >= 15 is 0 Å². The van der Waals surface area contributed by atoms with E-state index in [0.717, 1.165) is 69.6 Å². The Bertz CT molecular complexity index is 872. The number of esters is 3. The molecule has 57 heavy (non-hydrogen) atoms. The molecule has 0 aliphatic heterocycles. The topological polar surface area (TPSA) is 78.9 Å². The summed E-state index contributed by atoms with van der Waals surface area (Å²) in [6.07, 6.45) is 43.8. The maximum absolute atomic E-state index is 12.7. The van der Waals surface area contributed by atoms with Crippen LogP contribution < -0.4 is 0 Å². The lowest BCUT2D eigenvalue weighted by atomic mass is 10.00. The second-order valence-corrected chi connectivity index (χ2v) is 18.2. The Kier molecular flexibility index (Phi) is 42.7. The predicted octanol–water partition coefficient (Wildman–Crippen LogP) is 16.1. The fourth-order valence-electron chi connectivity index (χ4n) is 7.60. The minimum Gasteiger partial charge on any atom is -0.462 e. The lowest BCUT2D eigenvalue weighted by molar-refractivity contribution is -0.167. The van der Waals surface area contributed by atoms with Gasteiger partial charge < -0.3 is 14.2 Å². The molecular weight excluding hydrogens is 709 g/mol. The summed E-state index contributed by atoms with van der Waals surface area (Å²) in [6.45, 7) is 11.3. The summed E-state index contributed by atoms with van der Waals surface area (Å²) in [6, 6.07) is 0. The van der Waals surface area contributed by atoms with Crippen molar-refractivity contribution in [3.05, 3.63) is 0 Å². The molecule has 6 nitrogen and oxygen atoms in total. The first-order valence-corrected chi connectivity index (χ1v) is 25.3. The third kappa shape index (κ3) is 43.8. The van der Waals surface area contributed by atoms with E-state index in [0.29, 0.717) is 19.3 Å². The average molecular weight is 807 g/mol. The van der Waals surface area contributed by atoms with E-state index in [1.807, 2.05) is 0 Å². The van der Waals surface area contributed by atoms with Gasteiger partial charge in [-0.05, 0) is 31.1 Å². The van der Waals surface area contributed by atoms with Crippen molar-refractivity contribution in [2.75, 3.05) is 13.2 Å². The van der Waals surface area contributed by atoms with E-state index in [2.05, 4.69) is 34.6 Å². The third-order valence-electron chi connectivity index (χ3n) is 11.8. The normalized spacial score (nSPS) is 12.5. The fraction of sp³-hybridized carbons (Fsp3) is 0.941. The Morgan fingerprint density at radius 1 is 0.368 bits per heavy atom. The molecule has 1 unspecified atom stereocenters. The highest BCUT2D eigenvalue weighted by Crippen LogP contribution is 2.17. The van der Waals surface area contributed by atoms with Crippen molar-refractivity contribution < 1.29 is 28.6 Å². The smallest absolute Gasteiger partial charge is 0.306 e. The quantitative estimate of drug-likeness (QED) is 0.0346. The zero-order valence-corrected chi connectivity index (χ0v) is 39.0. The number of hydrogen-bond acceptors (Lipinski definition) is 6. The second kappa shape index (κ2) is 44.0. The van der Waals surface area contributed by atoms with Crippen LogP contribution in [0.2, 0.25) is 0 Å². The van der Waals surface area contributed by atoms with Gasteiger partial charge in [0, 0.05) is 19.3 Å². The van der Waals surface area contributed by atoms with Crippen molar-refractivity contribution in [2.45, 2.75) is 285 Å². The van der Waals surface area contributed by atoms with Crippen molar-refractivity contribution in [1.82, 2.24) is 0 Å². The summed E-state index contributed by atoms with van der Waals surface area (Å²) in [5.74, 6) is 0.805. The molecule has 0 aromatic rings. The van der Waals surface area contributed by atoms with Gasteiger partial charge in [-0.25, -0.2) is 0 Å². The van der Waals surface area contributed by atoms with E-state index in [9.17, 15) is 14.4 Å². The molecule has 0 aliphatic carbocycles. The number of hydrogen-bond donors (Lipinski definition) is 0. The summed E-state index contributed by atoms with van der Waals surface area (Å²) in [7, 11) is 0. The van der Waals surface area contributed by atoms with Gasteiger partial charge in [-0.3, -0.25) is 14.4 Å². The Morgan fingerprint density at radius 2 is 0.667 bits per heavy atom. The largest absolute Gasteiger partial charge is 0.462 e. The SMILES string of the molecule is CCCCCCCCCCCCCC(=O)OC[C@H](COC(=O)CCCCCCCCCCCCCCCCCC(C)C)OC(=O)CCCCCCCCC(C)CC. The number of carbonyl (C=O) groups is 3. The Hall–Kier alpha value is -1.59. The molecule has 2 atom stereocenters. The van der Waals surface area contributed by atoms with Crippen LogP contribution >= 0.6 is 0 Å². The van der Waals surface area contributed by atoms with Crippen molar-refractivity contribution in [2.24, 2.45) is 11.8 Å². The van der Waals surface area contributed by atoms with Gasteiger partial charge in [-0.2, -0.15) is 0 Å². The summed E-state index contributed by atoms with van der Waals surface area (Å²) in [5.41, 5.74) is 0. The average Bonchev–Trinajstić information content (AvgIpc) is 3.19. The number of rotatable bonds is 45. The van der Waals surface area contributed by atoms with E-state index in [-0.39, 0.29) is 31.1 Å². The van der Waals surface area contributed by atoms with Crippen LogP contribution in [0.5, 0.6) is 0 Å². The standard InChI is InChI=1S/C51H98O6/c1-6-8-9-10-11-12-18-22-25-31-36-41-49(52)55-44-48(57-51(54)43-38-33-28-27-30-35-40-47(5)7-2)45-56-50(53)42-37-32-26-23-20-17-15-13-14-16-19-21-24-29-34-39-46(3)4/h46-48H,6-45H2,1-5H3/t47?,48-/m1/s1. The molecule has 0 saturated heterocycles. The Labute approximate surface area is 355 Å². The highest BCUT2D eigenvalue weighted by Gasteiger charge is 2.19. The van der Waals surface area contributed by atoms with Gasteiger partial charge in [0.15, 0.2) is 6.10 Å². The van der Waals surface area contributed by atoms with Gasteiger partial charge in [0.05, 0.1) is 0 Å². The molecular formula is C51H98O6. The zero-order valence-electron chi connectivity index (χ0n) is 39.0. The Morgan fingerprint density at radius 3 is 1.00 bits per heavy atom. The molecule has 0 saturated carbocycles. The molecule has 6 heteroatoms. The van der Waals surface area contributed by atoms with Gasteiger partial charge in [-0.1, -0.05) is 240 Å². The summed E-state index contributed by atoms with van der Waals surface area (Å²) < 4.78 is 16.8. The molecule has 0 bridgehead atoms. The molecule has 0 fully saturated rings. The van der Waals surface area contributed by atoms with Crippen LogP contribution in [0.1, 0.15) is 279 Å². The van der Waals surface area contributed by atoms with Gasteiger partial charge in [0.2, 0.25) is 0 Å². The van der Waals surface area contributed by atoms with E-state index in [1.54, 1.807) is 0 Å². The number of carbonyl (C=O) groups excluding carboxylic acids is 3. The van der Waals surface area contributed by atoms with Crippen LogP contribution in [0.25, 0.3) is 0 Å². The van der Waals surface area contributed by atoms with Crippen LogP contribution in [0.4, 0.5) is 0 Å². The van der Waals surface area contributed by atoms with Gasteiger partial charge in [-0.15, -0.1) is 0 Å². The minimum atomic E-state index is -0.761. The van der Waals surface area contributed by atoms with E-state index in [1.165, 1.54) is 167 Å². The fourth-order valence-corrected chi connectivity index (χ4v) is 7.60. The van der Waals surface area contributed by atoms with E-state index in [4.69, 9.17) is 14.2 Å². The lowest BCUT2D eigenvalue weighted by Gasteiger charge is -2.18. The highest BCUT2D eigenvalue weighted by atomic mass is 16.6. The summed E-state index contributed by atoms with van der Waals surface area (Å²) >= 11 is 0. The van der Waals surface area contributed by atoms with Crippen molar-refractivity contribution >= 4 is 17.9 Å². The third-order valence-corrected chi connectivity index (χ3v) is 11.8. The van der Waals surface area contributed by atoms with Crippen LogP contribution in [0, 0.1) is 11.8 Å². The van der Waals surface area contributed by atoms with Crippen LogP contribution in [0.3, 0.4) is 0 Å². The van der Waals surface area contributed by atoms with Gasteiger partial charge in [0.25, 0.3) is 0 Å². The molecule has 0 N–H and O–H groups in total. The first kappa shape index (κ1) is 55.4. The van der Waals surface area contributed by atoms with Crippen LogP contribution in [0.15, 0.2) is 0 Å². The van der Waals surface area contributed by atoms with Crippen molar-refractivity contribution in [1.29, 1.82) is 0 Å². The summed E-state index contributed by atoms with van der Waals surface area (Å²) in [4.78, 5) is 37.8. The molecule has 338 valence electrons. The predicted molar refractivity (Wildman–Crippen MR) is 243 cm³/mol. The van der Waals surface area contributed by atoms with Crippen LogP contribution in [-0.2, 0) is 28.6 Å². The maximum Gasteiger partial charge on any atom is 0.306 e. The number of unbranched alkanes of at least 4 members (excludes halogenated alkanes) is 29. The molecule has 0 aromatic heterocycles. The summed E-state index contributed by atoms with van der Waals surface area (Å²) in [5, 5.41) is 0. The van der Waals surface area contributed by atoms with Crippen molar-refractivity contribution in [3.63, 3.8) is 0 Å². The van der Waals surface area contributed by atoms with Crippen LogP contribution in [-0.4, -0.2) is 37.2 Å². The van der Waals surface area contributed by atoms with Gasteiger partial charge in [0.1, 0.15) is 13.2 Å². The second-order valence-electron chi connectivity index (χ2n) is 18.2. The monoisotopic (exact) mass is 807 g/mol. The van der Waals surface area contributed by atoms with Crippen molar-refractivity contribution in [3.8, 4) is 0 Å². The molecule has 0 heterocycles. The Balaban J connectivity index is 4.24. The first-order chi connectivity index (χ1) is 27.8. The maximum atomic E-state index is 12.7. The first-order valence-electron chi connectivity index (χ1n) is 25.3. The molecule has 0 rings (SSSR count). The molecule has 0 spiro atoms. The zero-order chi connectivity index (χ0) is 41.9.